The maximum atomic E-state index is 6.68. The van der Waals surface area contributed by atoms with Gasteiger partial charge in [-0.2, -0.15) is 0 Å². The summed E-state index contributed by atoms with van der Waals surface area (Å²) in [5.41, 5.74) is 11.9. The number of nitrogens with zero attached hydrogens (tertiary/aromatic N) is 3. The van der Waals surface area contributed by atoms with Crippen molar-refractivity contribution in [3.8, 4) is 67.5 Å². The van der Waals surface area contributed by atoms with Crippen LogP contribution in [-0.4, -0.2) is 15.0 Å². The van der Waals surface area contributed by atoms with Crippen molar-refractivity contribution in [1.82, 2.24) is 15.0 Å². The Bertz CT molecular complexity index is 2660. The summed E-state index contributed by atoms with van der Waals surface area (Å²) in [7, 11) is 0. The van der Waals surface area contributed by atoms with E-state index in [9.17, 15) is 0 Å². The van der Waals surface area contributed by atoms with Gasteiger partial charge in [-0.3, -0.25) is 0 Å². The minimum absolute atomic E-state index is 0.603. The van der Waals surface area contributed by atoms with E-state index in [2.05, 4.69) is 115 Å². The van der Waals surface area contributed by atoms with Crippen LogP contribution < -0.4 is 0 Å². The summed E-state index contributed by atoms with van der Waals surface area (Å²) in [5.74, 6) is 1.86. The topological polar surface area (TPSA) is 51.8 Å². The lowest BCUT2D eigenvalue weighted by molar-refractivity contribution is 0.673. The molecular formula is C43H25N3O. The Kier molecular flexibility index (Phi) is 5.54. The molecule has 2 aromatic heterocycles. The van der Waals surface area contributed by atoms with Crippen molar-refractivity contribution >= 4 is 32.7 Å². The second-order valence-corrected chi connectivity index (χ2v) is 12.0. The zero-order valence-electron chi connectivity index (χ0n) is 25.2. The van der Waals surface area contributed by atoms with Gasteiger partial charge in [0.05, 0.1) is 0 Å². The molecule has 47 heavy (non-hydrogen) atoms. The van der Waals surface area contributed by atoms with Gasteiger partial charge in [0.15, 0.2) is 17.5 Å². The average Bonchev–Trinajstić information content (AvgIpc) is 3.69. The van der Waals surface area contributed by atoms with Crippen LogP contribution in [-0.2, 0) is 0 Å². The maximum absolute atomic E-state index is 6.68. The monoisotopic (exact) mass is 599 g/mol. The number of furan rings is 1. The molecule has 0 spiro atoms. The molecule has 0 saturated heterocycles. The van der Waals surface area contributed by atoms with E-state index in [0.717, 1.165) is 49.6 Å². The van der Waals surface area contributed by atoms with Crippen LogP contribution in [0.2, 0.25) is 0 Å². The molecule has 0 fully saturated rings. The normalized spacial score (nSPS) is 11.8. The third kappa shape index (κ3) is 4.05. The zero-order valence-corrected chi connectivity index (χ0v) is 25.2. The summed E-state index contributed by atoms with van der Waals surface area (Å²) in [4.78, 5) is 14.9. The number of hydrogen-bond donors (Lipinski definition) is 0. The van der Waals surface area contributed by atoms with Crippen molar-refractivity contribution in [2.24, 2.45) is 0 Å². The van der Waals surface area contributed by atoms with Crippen LogP contribution in [0.4, 0.5) is 0 Å². The summed E-state index contributed by atoms with van der Waals surface area (Å²) in [6, 6.07) is 52.6. The van der Waals surface area contributed by atoms with Crippen molar-refractivity contribution in [1.29, 1.82) is 0 Å². The smallest absolute Gasteiger partial charge is 0.164 e. The number of benzene rings is 7. The molecule has 10 rings (SSSR count). The molecule has 0 saturated carbocycles. The first kappa shape index (κ1) is 25.9. The predicted molar refractivity (Wildman–Crippen MR) is 191 cm³/mol. The average molecular weight is 600 g/mol. The molecule has 4 heteroatoms. The molecule has 0 amide bonds. The Morgan fingerprint density at radius 2 is 0.872 bits per heavy atom. The highest BCUT2D eigenvalue weighted by atomic mass is 16.3. The molecule has 7 aromatic carbocycles. The quantitative estimate of drug-likeness (QED) is 0.202. The standard InChI is InChI=1S/C43H25N3O/c1-3-10-26(11-4-1)27-18-20-29(21-19-27)42-44-41(28-12-5-2-6-13-28)45-43(46-42)30-22-23-33-37-25-36-32-15-8-7-14-31(32)34-16-9-17-35(39(34)36)40(37)47-38(33)24-30/h1-25H. The lowest BCUT2D eigenvalue weighted by atomic mass is 9.99. The molecule has 0 bridgehead atoms. The summed E-state index contributed by atoms with van der Waals surface area (Å²) in [6.45, 7) is 0. The molecule has 0 radical (unpaired) electrons. The Hall–Kier alpha value is -6.39. The SMILES string of the molecule is c1ccc(-c2ccc(-c3nc(-c4ccccc4)nc(-c4ccc5c(c4)oc4c6cccc7c6c(cc54)-c4ccccc4-7)n3)cc2)cc1. The van der Waals surface area contributed by atoms with Gasteiger partial charge in [-0.15, -0.1) is 0 Å². The fourth-order valence-corrected chi connectivity index (χ4v) is 7.03. The number of fused-ring (bicyclic) bond motifs is 7. The van der Waals surface area contributed by atoms with Crippen molar-refractivity contribution in [3.63, 3.8) is 0 Å². The Balaban J connectivity index is 1.13. The Morgan fingerprint density at radius 1 is 0.340 bits per heavy atom. The summed E-state index contributed by atoms with van der Waals surface area (Å²) in [6.07, 6.45) is 0. The fraction of sp³-hybridized carbons (Fsp3) is 0. The predicted octanol–water partition coefficient (Wildman–Crippen LogP) is 11.2. The minimum atomic E-state index is 0.603. The highest BCUT2D eigenvalue weighted by molar-refractivity contribution is 6.25. The van der Waals surface area contributed by atoms with Crippen LogP contribution in [0.1, 0.15) is 0 Å². The van der Waals surface area contributed by atoms with Crippen molar-refractivity contribution in [2.75, 3.05) is 0 Å². The molecule has 1 aliphatic carbocycles. The summed E-state index contributed by atoms with van der Waals surface area (Å²) in [5, 5.41) is 4.58. The third-order valence-electron chi connectivity index (χ3n) is 9.28. The van der Waals surface area contributed by atoms with Gasteiger partial charge in [0.2, 0.25) is 0 Å². The minimum Gasteiger partial charge on any atom is -0.455 e. The van der Waals surface area contributed by atoms with Crippen molar-refractivity contribution in [2.45, 2.75) is 0 Å². The van der Waals surface area contributed by atoms with Crippen LogP contribution in [0.25, 0.3) is 100 Å². The molecule has 218 valence electrons. The van der Waals surface area contributed by atoms with Gasteiger partial charge in [0.25, 0.3) is 0 Å². The number of hydrogen-bond acceptors (Lipinski definition) is 4. The highest BCUT2D eigenvalue weighted by Crippen LogP contribution is 2.50. The van der Waals surface area contributed by atoms with Crippen LogP contribution in [0.15, 0.2) is 156 Å². The van der Waals surface area contributed by atoms with Gasteiger partial charge in [-0.1, -0.05) is 133 Å². The molecule has 0 atom stereocenters. The van der Waals surface area contributed by atoms with Gasteiger partial charge >= 0.3 is 0 Å². The van der Waals surface area contributed by atoms with Gasteiger partial charge in [-0.05, 0) is 51.6 Å². The van der Waals surface area contributed by atoms with E-state index in [1.807, 2.05) is 36.4 Å². The van der Waals surface area contributed by atoms with E-state index in [4.69, 9.17) is 19.4 Å². The summed E-state index contributed by atoms with van der Waals surface area (Å²) >= 11 is 0. The van der Waals surface area contributed by atoms with Crippen LogP contribution in [0, 0.1) is 0 Å². The highest BCUT2D eigenvalue weighted by Gasteiger charge is 2.24. The van der Waals surface area contributed by atoms with Crippen molar-refractivity contribution in [3.05, 3.63) is 152 Å². The molecular weight excluding hydrogens is 574 g/mol. The van der Waals surface area contributed by atoms with E-state index in [0.29, 0.717) is 17.5 Å². The van der Waals surface area contributed by atoms with E-state index >= 15 is 0 Å². The van der Waals surface area contributed by atoms with E-state index in [1.54, 1.807) is 0 Å². The molecule has 0 N–H and O–H groups in total. The Morgan fingerprint density at radius 3 is 1.60 bits per heavy atom. The van der Waals surface area contributed by atoms with E-state index in [-0.39, 0.29) is 0 Å². The van der Waals surface area contributed by atoms with E-state index < -0.39 is 0 Å². The molecule has 0 aliphatic heterocycles. The van der Waals surface area contributed by atoms with Gasteiger partial charge in [0, 0.05) is 38.2 Å². The van der Waals surface area contributed by atoms with Crippen molar-refractivity contribution < 1.29 is 4.42 Å². The summed E-state index contributed by atoms with van der Waals surface area (Å²) < 4.78 is 6.68. The van der Waals surface area contributed by atoms with E-state index in [1.165, 1.54) is 33.2 Å². The second-order valence-electron chi connectivity index (χ2n) is 12.0. The van der Waals surface area contributed by atoms with Crippen LogP contribution in [0.3, 0.4) is 0 Å². The van der Waals surface area contributed by atoms with Crippen LogP contribution in [0.5, 0.6) is 0 Å². The number of rotatable bonds is 4. The third-order valence-corrected chi connectivity index (χ3v) is 9.28. The molecule has 9 aromatic rings. The van der Waals surface area contributed by atoms with Gasteiger partial charge < -0.3 is 4.42 Å². The maximum Gasteiger partial charge on any atom is 0.164 e. The molecule has 1 aliphatic rings. The fourth-order valence-electron chi connectivity index (χ4n) is 7.03. The molecule has 4 nitrogen and oxygen atoms in total. The van der Waals surface area contributed by atoms with Gasteiger partial charge in [-0.25, -0.2) is 15.0 Å². The first-order valence-electron chi connectivity index (χ1n) is 15.8. The number of aromatic nitrogens is 3. The molecule has 0 unspecified atom stereocenters. The first-order chi connectivity index (χ1) is 23.3. The first-order valence-corrected chi connectivity index (χ1v) is 15.8. The lowest BCUT2D eigenvalue weighted by Crippen LogP contribution is -2.00. The zero-order chi connectivity index (χ0) is 30.9. The Labute approximate surface area is 270 Å². The van der Waals surface area contributed by atoms with Crippen LogP contribution >= 0.6 is 0 Å². The second kappa shape index (κ2) is 10.1. The largest absolute Gasteiger partial charge is 0.455 e. The lowest BCUT2D eigenvalue weighted by Gasteiger charge is -2.09. The van der Waals surface area contributed by atoms with Gasteiger partial charge in [0.1, 0.15) is 11.2 Å². The molecule has 2 heterocycles.